The number of carboxylic acids is 1. The molecule has 0 fully saturated rings. The number of carbonyl (C=O) groups is 1. The number of carboxylic acid groups (broad SMARTS) is 1. The summed E-state index contributed by atoms with van der Waals surface area (Å²) in [5.74, 6) is -1.25. The summed E-state index contributed by atoms with van der Waals surface area (Å²) in [6.45, 7) is 0. The molecule has 7 nitrogen and oxygen atoms in total. The molecule has 18 heavy (non-hydrogen) atoms. The molecule has 96 valence electrons. The van der Waals surface area contributed by atoms with Crippen LogP contribution in [-0.4, -0.2) is 30.2 Å². The second-order valence-corrected chi connectivity index (χ2v) is 5.65. The number of hydrogen-bond donors (Lipinski definition) is 3. The van der Waals surface area contributed by atoms with Crippen molar-refractivity contribution in [1.82, 2.24) is 9.38 Å². The molecular formula is C9H8ClN2O5P. The van der Waals surface area contributed by atoms with Crippen LogP contribution in [0.2, 0.25) is 5.02 Å². The SMILES string of the molecule is O=C(O)c1cnc2ccc(Cl)c(CP(=O)(O)O)n12. The molecule has 0 bridgehead atoms. The highest BCUT2D eigenvalue weighted by Crippen LogP contribution is 2.41. The van der Waals surface area contributed by atoms with Crippen LogP contribution in [0.5, 0.6) is 0 Å². The van der Waals surface area contributed by atoms with Crippen molar-refractivity contribution in [2.45, 2.75) is 6.16 Å². The Balaban J connectivity index is 2.76. The summed E-state index contributed by atoms with van der Waals surface area (Å²) in [5, 5.41) is 9.06. The molecule has 0 aliphatic carbocycles. The zero-order chi connectivity index (χ0) is 13.5. The first-order valence-corrected chi connectivity index (χ1v) is 6.90. The first-order valence-electron chi connectivity index (χ1n) is 4.72. The Morgan fingerprint density at radius 2 is 2.11 bits per heavy atom. The Kier molecular flexibility index (Phi) is 3.16. The van der Waals surface area contributed by atoms with Crippen molar-refractivity contribution >= 4 is 30.8 Å². The van der Waals surface area contributed by atoms with E-state index in [1.54, 1.807) is 0 Å². The molecule has 9 heteroatoms. The average molecular weight is 291 g/mol. The van der Waals surface area contributed by atoms with Crippen molar-refractivity contribution in [1.29, 1.82) is 0 Å². The van der Waals surface area contributed by atoms with Gasteiger partial charge in [0.2, 0.25) is 0 Å². The molecule has 0 saturated heterocycles. The van der Waals surface area contributed by atoms with Gasteiger partial charge in [-0.3, -0.25) is 8.97 Å². The molecule has 0 aromatic carbocycles. The molecule has 0 amide bonds. The van der Waals surface area contributed by atoms with Gasteiger partial charge in [-0.25, -0.2) is 9.78 Å². The van der Waals surface area contributed by atoms with Gasteiger partial charge in [0.15, 0.2) is 5.69 Å². The van der Waals surface area contributed by atoms with Crippen LogP contribution in [-0.2, 0) is 10.7 Å². The second-order valence-electron chi connectivity index (χ2n) is 3.59. The molecule has 0 spiro atoms. The lowest BCUT2D eigenvalue weighted by atomic mass is 10.3. The number of aromatic nitrogens is 2. The molecule has 3 N–H and O–H groups in total. The van der Waals surface area contributed by atoms with Crippen LogP contribution in [0.25, 0.3) is 5.65 Å². The summed E-state index contributed by atoms with van der Waals surface area (Å²) < 4.78 is 12.2. The van der Waals surface area contributed by atoms with Crippen molar-refractivity contribution in [2.75, 3.05) is 0 Å². The normalized spacial score (nSPS) is 11.9. The summed E-state index contributed by atoms with van der Waals surface area (Å²) in [4.78, 5) is 32.8. The molecule has 2 aromatic heterocycles. The Labute approximate surface area is 106 Å². The lowest BCUT2D eigenvalue weighted by Gasteiger charge is -2.10. The van der Waals surface area contributed by atoms with Gasteiger partial charge in [-0.1, -0.05) is 11.6 Å². The Bertz CT molecular complexity index is 677. The summed E-state index contributed by atoms with van der Waals surface area (Å²) in [6.07, 6.45) is 0.455. The van der Waals surface area contributed by atoms with E-state index in [0.717, 1.165) is 10.6 Å². The summed E-state index contributed by atoms with van der Waals surface area (Å²) in [7, 11) is -4.37. The Morgan fingerprint density at radius 1 is 1.44 bits per heavy atom. The third-order valence-corrected chi connectivity index (χ3v) is 3.34. The summed E-state index contributed by atoms with van der Waals surface area (Å²) in [6, 6.07) is 2.89. The van der Waals surface area contributed by atoms with E-state index in [2.05, 4.69) is 4.98 Å². The van der Waals surface area contributed by atoms with Crippen molar-refractivity contribution in [3.63, 3.8) is 0 Å². The van der Waals surface area contributed by atoms with Gasteiger partial charge in [-0.2, -0.15) is 0 Å². The van der Waals surface area contributed by atoms with E-state index in [1.807, 2.05) is 0 Å². The first kappa shape index (κ1) is 13.0. The minimum absolute atomic E-state index is 0.0254. The largest absolute Gasteiger partial charge is 0.477 e. The van der Waals surface area contributed by atoms with Gasteiger partial charge in [-0.05, 0) is 12.1 Å². The Hall–Kier alpha value is -1.40. The van der Waals surface area contributed by atoms with Crippen molar-refractivity contribution < 1.29 is 24.3 Å². The van der Waals surface area contributed by atoms with Crippen LogP contribution in [0.3, 0.4) is 0 Å². The number of fused-ring (bicyclic) bond motifs is 1. The zero-order valence-electron chi connectivity index (χ0n) is 8.82. The number of pyridine rings is 1. The average Bonchev–Trinajstić information content (AvgIpc) is 2.64. The maximum absolute atomic E-state index is 11.1. The number of hydrogen-bond acceptors (Lipinski definition) is 3. The monoisotopic (exact) mass is 290 g/mol. The van der Waals surface area contributed by atoms with Crippen LogP contribution in [0.1, 0.15) is 16.2 Å². The third kappa shape index (κ3) is 2.39. The predicted octanol–water partition coefficient (Wildman–Crippen LogP) is 1.36. The maximum Gasteiger partial charge on any atom is 0.354 e. The number of halogens is 1. The zero-order valence-corrected chi connectivity index (χ0v) is 10.5. The lowest BCUT2D eigenvalue weighted by Crippen LogP contribution is -2.07. The third-order valence-electron chi connectivity index (χ3n) is 2.29. The summed E-state index contributed by atoms with van der Waals surface area (Å²) >= 11 is 5.86. The molecule has 2 rings (SSSR count). The molecule has 0 aliphatic rings. The van der Waals surface area contributed by atoms with Crippen molar-refractivity contribution in [2.24, 2.45) is 0 Å². The molecule has 2 heterocycles. The van der Waals surface area contributed by atoms with E-state index in [1.165, 1.54) is 12.1 Å². The fourth-order valence-electron chi connectivity index (χ4n) is 1.61. The van der Waals surface area contributed by atoms with Gasteiger partial charge in [0.25, 0.3) is 0 Å². The van der Waals surface area contributed by atoms with Crippen LogP contribution in [0, 0.1) is 0 Å². The maximum atomic E-state index is 11.1. The van der Waals surface area contributed by atoms with E-state index < -0.39 is 19.7 Å². The number of aromatic carboxylic acids is 1. The van der Waals surface area contributed by atoms with Gasteiger partial charge in [0.1, 0.15) is 5.65 Å². The van der Waals surface area contributed by atoms with Gasteiger partial charge >= 0.3 is 13.6 Å². The lowest BCUT2D eigenvalue weighted by molar-refractivity contribution is 0.0689. The molecule has 0 radical (unpaired) electrons. The highest BCUT2D eigenvalue weighted by Gasteiger charge is 2.22. The first-order chi connectivity index (χ1) is 8.29. The van der Waals surface area contributed by atoms with Gasteiger partial charge in [-0.15, -0.1) is 0 Å². The predicted molar refractivity (Wildman–Crippen MR) is 62.9 cm³/mol. The minimum atomic E-state index is -4.37. The van der Waals surface area contributed by atoms with Gasteiger partial charge in [0, 0.05) is 0 Å². The standard InChI is InChI=1S/C9H8ClN2O5P/c10-5-1-2-8-11-3-6(9(13)14)12(8)7(5)4-18(15,16)17/h1-3H,4H2,(H,13,14)(H2,15,16,17). The number of imidazole rings is 1. The molecule has 0 unspecified atom stereocenters. The molecule has 0 saturated carbocycles. The van der Waals surface area contributed by atoms with E-state index in [4.69, 9.17) is 26.5 Å². The summed E-state index contributed by atoms with van der Waals surface area (Å²) in [5.41, 5.74) is 0.0913. The highest BCUT2D eigenvalue weighted by atomic mass is 35.5. The second kappa shape index (κ2) is 4.37. The van der Waals surface area contributed by atoms with Crippen LogP contribution < -0.4 is 0 Å². The van der Waals surface area contributed by atoms with Crippen LogP contribution in [0.15, 0.2) is 18.3 Å². The van der Waals surface area contributed by atoms with Crippen LogP contribution in [0.4, 0.5) is 0 Å². The Morgan fingerprint density at radius 3 is 2.67 bits per heavy atom. The number of nitrogens with zero attached hydrogens (tertiary/aromatic N) is 2. The molecular weight excluding hydrogens is 283 g/mol. The molecule has 0 atom stereocenters. The minimum Gasteiger partial charge on any atom is -0.477 e. The van der Waals surface area contributed by atoms with E-state index >= 15 is 0 Å². The van der Waals surface area contributed by atoms with Gasteiger partial charge < -0.3 is 14.9 Å². The molecule has 2 aromatic rings. The number of rotatable bonds is 3. The fourth-order valence-corrected chi connectivity index (χ4v) is 2.62. The van der Waals surface area contributed by atoms with Crippen molar-refractivity contribution in [3.8, 4) is 0 Å². The fraction of sp³-hybridized carbons (Fsp3) is 0.111. The van der Waals surface area contributed by atoms with E-state index in [-0.39, 0.29) is 22.1 Å². The topological polar surface area (TPSA) is 112 Å². The van der Waals surface area contributed by atoms with Crippen molar-refractivity contribution in [3.05, 3.63) is 34.7 Å². The molecule has 0 aliphatic heterocycles. The van der Waals surface area contributed by atoms with E-state index in [9.17, 15) is 9.36 Å². The smallest absolute Gasteiger partial charge is 0.354 e. The van der Waals surface area contributed by atoms with Crippen LogP contribution >= 0.6 is 19.2 Å². The highest BCUT2D eigenvalue weighted by molar-refractivity contribution is 7.50. The quantitative estimate of drug-likeness (QED) is 0.736. The van der Waals surface area contributed by atoms with Gasteiger partial charge in [0.05, 0.1) is 23.1 Å². The van der Waals surface area contributed by atoms with E-state index in [0.29, 0.717) is 0 Å².